The third-order valence-corrected chi connectivity index (χ3v) is 4.92. The zero-order valence-electron chi connectivity index (χ0n) is 12.9. The van der Waals surface area contributed by atoms with E-state index in [4.69, 9.17) is 4.98 Å². The number of piperidine rings is 1. The highest BCUT2D eigenvalue weighted by Crippen LogP contribution is 2.33. The van der Waals surface area contributed by atoms with Crippen LogP contribution >= 0.6 is 0 Å². The summed E-state index contributed by atoms with van der Waals surface area (Å²) in [5.74, 6) is 1.18. The summed E-state index contributed by atoms with van der Waals surface area (Å²) in [5, 5.41) is 0. The molecule has 0 N–H and O–H groups in total. The van der Waals surface area contributed by atoms with E-state index < -0.39 is 0 Å². The van der Waals surface area contributed by atoms with E-state index in [9.17, 15) is 0 Å². The van der Waals surface area contributed by atoms with Gasteiger partial charge in [-0.05, 0) is 57.3 Å². The number of hydrogen-bond acceptors (Lipinski definition) is 3. The molecule has 2 aliphatic rings. The maximum absolute atomic E-state index is 4.90. The largest absolute Gasteiger partial charge is 0.357 e. The molecule has 0 spiro atoms. The fourth-order valence-corrected chi connectivity index (χ4v) is 3.75. The van der Waals surface area contributed by atoms with Gasteiger partial charge in [0, 0.05) is 24.8 Å². The summed E-state index contributed by atoms with van der Waals surface area (Å²) in [6, 6.07) is 5.18. The number of pyridine rings is 1. The molecule has 0 aromatic carbocycles. The molecule has 0 amide bonds. The van der Waals surface area contributed by atoms with Crippen LogP contribution in [0.1, 0.15) is 56.3 Å². The molecular formula is C17H27N3. The molecule has 1 aromatic rings. The summed E-state index contributed by atoms with van der Waals surface area (Å²) in [4.78, 5) is 9.94. The van der Waals surface area contributed by atoms with Crippen LogP contribution in [0, 0.1) is 6.92 Å². The number of anilines is 1. The topological polar surface area (TPSA) is 19.4 Å². The molecule has 0 radical (unpaired) electrons. The Morgan fingerprint density at radius 3 is 2.55 bits per heavy atom. The molecule has 110 valence electrons. The van der Waals surface area contributed by atoms with Crippen molar-refractivity contribution in [1.82, 2.24) is 9.88 Å². The van der Waals surface area contributed by atoms with Gasteiger partial charge >= 0.3 is 0 Å². The van der Waals surface area contributed by atoms with Gasteiger partial charge in [0.2, 0.25) is 0 Å². The summed E-state index contributed by atoms with van der Waals surface area (Å²) in [5.41, 5.74) is 2.69. The molecule has 3 rings (SSSR count). The average molecular weight is 273 g/mol. The third kappa shape index (κ3) is 2.69. The average Bonchev–Trinajstić information content (AvgIpc) is 3.01. The molecule has 3 nitrogen and oxygen atoms in total. The lowest BCUT2D eigenvalue weighted by molar-refractivity contribution is 0.156. The maximum Gasteiger partial charge on any atom is 0.128 e. The normalized spacial score (nSPS) is 24.3. The van der Waals surface area contributed by atoms with Crippen molar-refractivity contribution >= 4 is 5.82 Å². The minimum Gasteiger partial charge on any atom is -0.357 e. The van der Waals surface area contributed by atoms with Crippen LogP contribution in [0.4, 0.5) is 5.82 Å². The van der Waals surface area contributed by atoms with Crippen LogP contribution in [0.2, 0.25) is 0 Å². The Morgan fingerprint density at radius 2 is 1.85 bits per heavy atom. The number of hydrogen-bond donors (Lipinski definition) is 0. The predicted molar refractivity (Wildman–Crippen MR) is 84.3 cm³/mol. The van der Waals surface area contributed by atoms with Crippen molar-refractivity contribution in [2.24, 2.45) is 0 Å². The first-order valence-corrected chi connectivity index (χ1v) is 8.26. The van der Waals surface area contributed by atoms with E-state index in [0.29, 0.717) is 6.04 Å². The van der Waals surface area contributed by atoms with E-state index in [1.807, 2.05) is 0 Å². The molecule has 1 aromatic heterocycles. The van der Waals surface area contributed by atoms with Crippen LogP contribution < -0.4 is 4.90 Å². The summed E-state index contributed by atoms with van der Waals surface area (Å²) in [7, 11) is 0. The van der Waals surface area contributed by atoms with Crippen molar-refractivity contribution in [3.63, 3.8) is 0 Å². The van der Waals surface area contributed by atoms with E-state index in [1.54, 1.807) is 0 Å². The lowest BCUT2D eigenvalue weighted by Crippen LogP contribution is -2.33. The smallest absolute Gasteiger partial charge is 0.128 e. The second kappa shape index (κ2) is 6.13. The zero-order valence-corrected chi connectivity index (χ0v) is 12.9. The molecule has 2 fully saturated rings. The molecule has 2 aliphatic heterocycles. The van der Waals surface area contributed by atoms with Crippen molar-refractivity contribution in [3.8, 4) is 0 Å². The molecule has 0 aliphatic carbocycles. The van der Waals surface area contributed by atoms with Gasteiger partial charge in [-0.3, -0.25) is 4.90 Å². The molecule has 0 unspecified atom stereocenters. The highest BCUT2D eigenvalue weighted by molar-refractivity contribution is 5.43. The zero-order chi connectivity index (χ0) is 13.9. The standard InChI is InChI=1S/C17H27N3/c1-3-19-11-5-4-8-16(19)15-9-10-17(18-14(15)2)20-12-6-7-13-20/h9-10,16H,3-8,11-13H2,1-2H3/t16-/m1/s1. The number of nitrogens with zero attached hydrogens (tertiary/aromatic N) is 3. The van der Waals surface area contributed by atoms with Gasteiger partial charge in [0.05, 0.1) is 0 Å². The Kier molecular flexibility index (Phi) is 4.25. The van der Waals surface area contributed by atoms with Crippen molar-refractivity contribution in [2.75, 3.05) is 31.1 Å². The van der Waals surface area contributed by atoms with Crippen LogP contribution in [0.15, 0.2) is 12.1 Å². The number of rotatable bonds is 3. The Balaban J connectivity index is 1.82. The molecule has 1 atom stereocenters. The first kappa shape index (κ1) is 13.9. The number of likely N-dealkylation sites (tertiary alicyclic amines) is 1. The van der Waals surface area contributed by atoms with Crippen molar-refractivity contribution in [2.45, 2.75) is 52.0 Å². The lowest BCUT2D eigenvalue weighted by atomic mass is 9.94. The van der Waals surface area contributed by atoms with Crippen LogP contribution in [0.25, 0.3) is 0 Å². The molecular weight excluding hydrogens is 246 g/mol. The monoisotopic (exact) mass is 273 g/mol. The van der Waals surface area contributed by atoms with Gasteiger partial charge in [0.25, 0.3) is 0 Å². The van der Waals surface area contributed by atoms with E-state index in [2.05, 4.69) is 35.8 Å². The van der Waals surface area contributed by atoms with Crippen molar-refractivity contribution in [3.05, 3.63) is 23.4 Å². The highest BCUT2D eigenvalue weighted by Gasteiger charge is 2.25. The van der Waals surface area contributed by atoms with Gasteiger partial charge in [0.1, 0.15) is 5.82 Å². The first-order valence-electron chi connectivity index (χ1n) is 8.26. The SMILES string of the molecule is CCN1CCCC[C@@H]1c1ccc(N2CCCC2)nc1C. The molecule has 3 heterocycles. The van der Waals surface area contributed by atoms with Crippen LogP contribution in [0.5, 0.6) is 0 Å². The first-order chi connectivity index (χ1) is 9.79. The minimum atomic E-state index is 0.592. The Hall–Kier alpha value is -1.09. The quantitative estimate of drug-likeness (QED) is 0.839. The third-order valence-electron chi connectivity index (χ3n) is 4.92. The second-order valence-corrected chi connectivity index (χ2v) is 6.18. The van der Waals surface area contributed by atoms with Gasteiger partial charge in [-0.2, -0.15) is 0 Å². The van der Waals surface area contributed by atoms with Crippen molar-refractivity contribution < 1.29 is 0 Å². The molecule has 0 saturated carbocycles. The van der Waals surface area contributed by atoms with Crippen LogP contribution in [-0.2, 0) is 0 Å². The molecule has 20 heavy (non-hydrogen) atoms. The van der Waals surface area contributed by atoms with E-state index in [1.165, 1.54) is 68.8 Å². The summed E-state index contributed by atoms with van der Waals surface area (Å²) in [6.45, 7) is 9.22. The van der Waals surface area contributed by atoms with Gasteiger partial charge in [0.15, 0.2) is 0 Å². The van der Waals surface area contributed by atoms with Gasteiger partial charge in [-0.1, -0.05) is 19.4 Å². The maximum atomic E-state index is 4.90. The van der Waals surface area contributed by atoms with E-state index >= 15 is 0 Å². The highest BCUT2D eigenvalue weighted by atomic mass is 15.2. The summed E-state index contributed by atoms with van der Waals surface area (Å²) < 4.78 is 0. The Morgan fingerprint density at radius 1 is 1.10 bits per heavy atom. The van der Waals surface area contributed by atoms with E-state index in [0.717, 1.165) is 6.54 Å². The predicted octanol–water partition coefficient (Wildman–Crippen LogP) is 3.54. The summed E-state index contributed by atoms with van der Waals surface area (Å²) in [6.07, 6.45) is 6.63. The lowest BCUT2D eigenvalue weighted by Gasteiger charge is -2.36. The van der Waals surface area contributed by atoms with E-state index in [-0.39, 0.29) is 0 Å². The number of aromatic nitrogens is 1. The van der Waals surface area contributed by atoms with Gasteiger partial charge in [-0.25, -0.2) is 4.98 Å². The Labute approximate surface area is 123 Å². The fourth-order valence-electron chi connectivity index (χ4n) is 3.75. The van der Waals surface area contributed by atoms with Crippen molar-refractivity contribution in [1.29, 1.82) is 0 Å². The van der Waals surface area contributed by atoms with Gasteiger partial charge in [-0.15, -0.1) is 0 Å². The minimum absolute atomic E-state index is 0.592. The summed E-state index contributed by atoms with van der Waals surface area (Å²) >= 11 is 0. The second-order valence-electron chi connectivity index (χ2n) is 6.18. The number of aryl methyl sites for hydroxylation is 1. The molecule has 3 heteroatoms. The fraction of sp³-hybridized carbons (Fsp3) is 0.706. The van der Waals surface area contributed by atoms with Gasteiger partial charge < -0.3 is 4.90 Å². The molecule has 2 saturated heterocycles. The molecule has 0 bridgehead atoms. The Bertz CT molecular complexity index is 452. The van der Waals surface area contributed by atoms with Crippen LogP contribution in [-0.4, -0.2) is 36.1 Å². The van der Waals surface area contributed by atoms with Crippen LogP contribution in [0.3, 0.4) is 0 Å².